The molecule has 1 saturated carbocycles. The predicted octanol–water partition coefficient (Wildman–Crippen LogP) is 1.46. The van der Waals surface area contributed by atoms with Gasteiger partial charge in [0.05, 0.1) is 12.3 Å². The van der Waals surface area contributed by atoms with Crippen LogP contribution in [0.2, 0.25) is 0 Å². The van der Waals surface area contributed by atoms with Crippen molar-refractivity contribution in [3.05, 3.63) is 35.9 Å². The fourth-order valence-corrected chi connectivity index (χ4v) is 3.42. The Hall–Kier alpha value is -1.60. The molecule has 2 rings (SSSR count). The van der Waals surface area contributed by atoms with Gasteiger partial charge in [-0.3, -0.25) is 0 Å². The molecule has 0 aliphatic heterocycles. The van der Waals surface area contributed by atoms with E-state index in [4.69, 9.17) is 0 Å². The second kappa shape index (κ2) is 9.64. The Bertz CT molecular complexity index is 613. The van der Waals surface area contributed by atoms with E-state index < -0.39 is 10.0 Å². The van der Waals surface area contributed by atoms with Crippen LogP contribution in [0.5, 0.6) is 0 Å². The molecule has 1 aromatic rings. The van der Waals surface area contributed by atoms with Gasteiger partial charge in [0.1, 0.15) is 0 Å². The van der Waals surface area contributed by atoms with Crippen molar-refractivity contribution in [1.82, 2.24) is 15.4 Å². The molecule has 0 aromatic heterocycles. The summed E-state index contributed by atoms with van der Waals surface area (Å²) in [6.45, 7) is 4.18. The molecule has 1 aromatic carbocycles. The lowest BCUT2D eigenvalue weighted by Crippen LogP contribution is -2.42. The van der Waals surface area contributed by atoms with Crippen molar-refractivity contribution in [1.29, 1.82) is 0 Å². The van der Waals surface area contributed by atoms with Gasteiger partial charge in [0.15, 0.2) is 5.96 Å². The smallest absolute Gasteiger partial charge is 0.213 e. The van der Waals surface area contributed by atoms with Gasteiger partial charge in [-0.1, -0.05) is 36.8 Å². The first-order valence-corrected chi connectivity index (χ1v) is 10.3. The maximum Gasteiger partial charge on any atom is 0.213 e. The molecule has 6 nitrogen and oxygen atoms in total. The fourth-order valence-electron chi connectivity index (χ4n) is 2.41. The quantitative estimate of drug-likeness (QED) is 0.464. The second-order valence-corrected chi connectivity index (χ2v) is 8.00. The van der Waals surface area contributed by atoms with Crippen LogP contribution in [0.1, 0.15) is 31.7 Å². The highest BCUT2D eigenvalue weighted by molar-refractivity contribution is 7.89. The van der Waals surface area contributed by atoms with Crippen molar-refractivity contribution in [2.45, 2.75) is 32.7 Å². The number of nitrogens with one attached hydrogen (secondary N) is 3. The van der Waals surface area contributed by atoms with Crippen molar-refractivity contribution in [3.8, 4) is 0 Å². The van der Waals surface area contributed by atoms with Gasteiger partial charge >= 0.3 is 0 Å². The zero-order valence-corrected chi connectivity index (χ0v) is 15.1. The van der Waals surface area contributed by atoms with Crippen LogP contribution < -0.4 is 15.4 Å². The molecule has 0 spiro atoms. The minimum absolute atomic E-state index is 0.0511. The molecule has 0 bridgehead atoms. The van der Waals surface area contributed by atoms with E-state index in [0.717, 1.165) is 24.9 Å². The number of benzene rings is 1. The Morgan fingerprint density at radius 3 is 2.58 bits per heavy atom. The van der Waals surface area contributed by atoms with Crippen LogP contribution in [-0.4, -0.2) is 39.8 Å². The third-order valence-corrected chi connectivity index (χ3v) is 5.43. The van der Waals surface area contributed by atoms with Crippen molar-refractivity contribution in [2.24, 2.45) is 10.9 Å². The standard InChI is InChI=1S/C17H28N4O2S/c1-2-18-17(20-13-15-7-4-3-5-8-15)19-11-12-24(22,23)21-14-16-9-6-10-16/h3-5,7-8,16,21H,2,6,9-14H2,1H3,(H2,18,19,20). The van der Waals surface area contributed by atoms with Gasteiger partial charge in [-0.2, -0.15) is 0 Å². The van der Waals surface area contributed by atoms with Crippen molar-refractivity contribution >= 4 is 16.0 Å². The number of rotatable bonds is 9. The van der Waals surface area contributed by atoms with E-state index in [9.17, 15) is 8.42 Å². The maximum absolute atomic E-state index is 12.0. The summed E-state index contributed by atoms with van der Waals surface area (Å²) in [5.41, 5.74) is 1.12. The first kappa shape index (κ1) is 18.7. The van der Waals surface area contributed by atoms with E-state index in [1.165, 1.54) is 6.42 Å². The Balaban J connectivity index is 1.75. The molecular weight excluding hydrogens is 324 g/mol. The summed E-state index contributed by atoms with van der Waals surface area (Å²) < 4.78 is 26.7. The number of guanidine groups is 1. The van der Waals surface area contributed by atoms with Gasteiger partial charge in [-0.25, -0.2) is 18.1 Å². The van der Waals surface area contributed by atoms with Crippen LogP contribution in [0.25, 0.3) is 0 Å². The molecule has 7 heteroatoms. The lowest BCUT2D eigenvalue weighted by Gasteiger charge is -2.25. The maximum atomic E-state index is 12.0. The summed E-state index contributed by atoms with van der Waals surface area (Å²) in [5, 5.41) is 6.21. The molecule has 134 valence electrons. The Labute approximate surface area is 145 Å². The van der Waals surface area contributed by atoms with Crippen molar-refractivity contribution in [2.75, 3.05) is 25.4 Å². The molecule has 1 fully saturated rings. The summed E-state index contributed by atoms with van der Waals surface area (Å²) in [4.78, 5) is 4.48. The van der Waals surface area contributed by atoms with E-state index in [0.29, 0.717) is 31.5 Å². The second-order valence-electron chi connectivity index (χ2n) is 6.07. The third kappa shape index (κ3) is 6.88. The molecule has 1 aliphatic carbocycles. The average Bonchev–Trinajstić information content (AvgIpc) is 2.52. The van der Waals surface area contributed by atoms with Crippen LogP contribution in [0.15, 0.2) is 35.3 Å². The molecule has 0 heterocycles. The van der Waals surface area contributed by atoms with Gasteiger partial charge in [0.2, 0.25) is 10.0 Å². The number of aliphatic imine (C=N–C) groups is 1. The van der Waals surface area contributed by atoms with E-state index in [2.05, 4.69) is 20.3 Å². The molecule has 0 saturated heterocycles. The minimum Gasteiger partial charge on any atom is -0.357 e. The molecule has 3 N–H and O–H groups in total. The zero-order chi connectivity index (χ0) is 17.3. The van der Waals surface area contributed by atoms with Gasteiger partial charge < -0.3 is 10.6 Å². The average molecular weight is 353 g/mol. The lowest BCUT2D eigenvalue weighted by atomic mass is 9.86. The van der Waals surface area contributed by atoms with E-state index in [1.807, 2.05) is 37.3 Å². The van der Waals surface area contributed by atoms with Crippen molar-refractivity contribution in [3.63, 3.8) is 0 Å². The predicted molar refractivity (Wildman–Crippen MR) is 98.4 cm³/mol. The summed E-state index contributed by atoms with van der Waals surface area (Å²) in [7, 11) is -3.23. The third-order valence-electron chi connectivity index (χ3n) is 4.09. The largest absolute Gasteiger partial charge is 0.357 e. The van der Waals surface area contributed by atoms with Gasteiger partial charge in [-0.05, 0) is 31.2 Å². The van der Waals surface area contributed by atoms with Gasteiger partial charge in [-0.15, -0.1) is 0 Å². The lowest BCUT2D eigenvalue weighted by molar-refractivity contribution is 0.316. The Morgan fingerprint density at radius 2 is 1.96 bits per heavy atom. The van der Waals surface area contributed by atoms with Crippen LogP contribution >= 0.6 is 0 Å². The van der Waals surface area contributed by atoms with Crippen LogP contribution in [0, 0.1) is 5.92 Å². The van der Waals surface area contributed by atoms with Crippen molar-refractivity contribution < 1.29 is 8.42 Å². The topological polar surface area (TPSA) is 82.6 Å². The molecule has 0 radical (unpaired) electrons. The number of nitrogens with zero attached hydrogens (tertiary/aromatic N) is 1. The first-order valence-electron chi connectivity index (χ1n) is 8.62. The Morgan fingerprint density at radius 1 is 1.21 bits per heavy atom. The molecular formula is C17H28N4O2S. The molecule has 0 unspecified atom stereocenters. The van der Waals surface area contributed by atoms with Gasteiger partial charge in [0.25, 0.3) is 0 Å². The summed E-state index contributed by atoms with van der Waals surface area (Å²) in [6, 6.07) is 9.96. The molecule has 1 aliphatic rings. The monoisotopic (exact) mass is 352 g/mol. The molecule has 24 heavy (non-hydrogen) atoms. The number of sulfonamides is 1. The molecule has 0 atom stereocenters. The van der Waals surface area contributed by atoms with E-state index >= 15 is 0 Å². The fraction of sp³-hybridized carbons (Fsp3) is 0.588. The normalized spacial score (nSPS) is 15.8. The Kier molecular flexibility index (Phi) is 7.52. The summed E-state index contributed by atoms with van der Waals surface area (Å²) in [5.74, 6) is 1.21. The minimum atomic E-state index is -3.23. The SMILES string of the molecule is CCNC(=NCc1ccccc1)NCCS(=O)(=O)NCC1CCC1. The zero-order valence-electron chi connectivity index (χ0n) is 14.3. The van der Waals surface area contributed by atoms with Crippen LogP contribution in [0.4, 0.5) is 0 Å². The van der Waals surface area contributed by atoms with E-state index in [-0.39, 0.29) is 5.75 Å². The first-order chi connectivity index (χ1) is 11.6. The van der Waals surface area contributed by atoms with Crippen LogP contribution in [-0.2, 0) is 16.6 Å². The number of hydrogen-bond acceptors (Lipinski definition) is 3. The molecule has 0 amide bonds. The van der Waals surface area contributed by atoms with Gasteiger partial charge in [0, 0.05) is 19.6 Å². The number of hydrogen-bond donors (Lipinski definition) is 3. The van der Waals surface area contributed by atoms with E-state index in [1.54, 1.807) is 0 Å². The summed E-state index contributed by atoms with van der Waals surface area (Å²) in [6.07, 6.45) is 3.49. The highest BCUT2D eigenvalue weighted by atomic mass is 32.2. The highest BCUT2D eigenvalue weighted by Gasteiger charge is 2.19. The highest BCUT2D eigenvalue weighted by Crippen LogP contribution is 2.25. The van der Waals surface area contributed by atoms with Crippen LogP contribution in [0.3, 0.4) is 0 Å². The summed E-state index contributed by atoms with van der Waals surface area (Å²) >= 11 is 0.